The third kappa shape index (κ3) is 3.00. The standard InChI is InChI=1S/C13H19NO2/c1-3-14(4-2)12-8-7-11(6-5-9-15)13(16)10-12/h5-8,10,15-16H,3-4,9H2,1-2H3. The van der Waals surface area contributed by atoms with Crippen LogP contribution in [0.3, 0.4) is 0 Å². The summed E-state index contributed by atoms with van der Waals surface area (Å²) in [5, 5.41) is 18.5. The summed E-state index contributed by atoms with van der Waals surface area (Å²) in [7, 11) is 0. The van der Waals surface area contributed by atoms with Crippen LogP contribution in [0.5, 0.6) is 5.75 Å². The summed E-state index contributed by atoms with van der Waals surface area (Å²) >= 11 is 0. The van der Waals surface area contributed by atoms with Crippen molar-refractivity contribution < 1.29 is 10.2 Å². The Bertz CT molecular complexity index is 357. The van der Waals surface area contributed by atoms with Gasteiger partial charge in [0.2, 0.25) is 0 Å². The van der Waals surface area contributed by atoms with Gasteiger partial charge in [0.25, 0.3) is 0 Å². The molecule has 3 nitrogen and oxygen atoms in total. The van der Waals surface area contributed by atoms with Crippen LogP contribution in [0.15, 0.2) is 24.3 Å². The van der Waals surface area contributed by atoms with E-state index >= 15 is 0 Å². The van der Waals surface area contributed by atoms with Gasteiger partial charge in [0.05, 0.1) is 6.61 Å². The van der Waals surface area contributed by atoms with E-state index < -0.39 is 0 Å². The molecule has 0 bridgehead atoms. The fourth-order valence-corrected chi connectivity index (χ4v) is 1.64. The molecule has 0 radical (unpaired) electrons. The third-order valence-corrected chi connectivity index (χ3v) is 2.55. The number of phenolic OH excluding ortho intramolecular Hbond substituents is 1. The lowest BCUT2D eigenvalue weighted by molar-refractivity contribution is 0.343. The molecule has 3 heteroatoms. The Morgan fingerprint density at radius 1 is 1.25 bits per heavy atom. The van der Waals surface area contributed by atoms with Gasteiger partial charge in [-0.1, -0.05) is 12.2 Å². The molecule has 0 amide bonds. The van der Waals surface area contributed by atoms with Gasteiger partial charge in [-0.05, 0) is 26.0 Å². The van der Waals surface area contributed by atoms with Gasteiger partial charge in [0, 0.05) is 30.4 Å². The summed E-state index contributed by atoms with van der Waals surface area (Å²) in [6.07, 6.45) is 3.31. The largest absolute Gasteiger partial charge is 0.507 e. The maximum atomic E-state index is 9.80. The van der Waals surface area contributed by atoms with Crippen molar-refractivity contribution in [1.29, 1.82) is 0 Å². The number of phenols is 1. The number of hydrogen-bond acceptors (Lipinski definition) is 3. The van der Waals surface area contributed by atoms with Crippen LogP contribution in [0.4, 0.5) is 5.69 Å². The molecular formula is C13H19NO2. The summed E-state index contributed by atoms with van der Waals surface area (Å²) in [5.41, 5.74) is 1.74. The van der Waals surface area contributed by atoms with Gasteiger partial charge in [-0.15, -0.1) is 0 Å². The molecule has 0 spiro atoms. The van der Waals surface area contributed by atoms with E-state index in [0.29, 0.717) is 0 Å². The van der Waals surface area contributed by atoms with Crippen LogP contribution >= 0.6 is 0 Å². The highest BCUT2D eigenvalue weighted by atomic mass is 16.3. The first-order valence-electron chi connectivity index (χ1n) is 5.58. The molecule has 1 rings (SSSR count). The molecule has 0 saturated heterocycles. The third-order valence-electron chi connectivity index (χ3n) is 2.55. The Morgan fingerprint density at radius 2 is 1.94 bits per heavy atom. The zero-order chi connectivity index (χ0) is 12.0. The van der Waals surface area contributed by atoms with E-state index in [1.807, 2.05) is 12.1 Å². The molecule has 0 fully saturated rings. The second-order valence-electron chi connectivity index (χ2n) is 3.50. The molecular weight excluding hydrogens is 202 g/mol. The first kappa shape index (κ1) is 12.6. The molecule has 88 valence electrons. The van der Waals surface area contributed by atoms with Gasteiger partial charge in [0.1, 0.15) is 5.75 Å². The number of nitrogens with zero attached hydrogens (tertiary/aromatic N) is 1. The van der Waals surface area contributed by atoms with Crippen molar-refractivity contribution in [3.05, 3.63) is 29.8 Å². The summed E-state index contributed by atoms with van der Waals surface area (Å²) in [4.78, 5) is 2.17. The van der Waals surface area contributed by atoms with Crippen LogP contribution in [-0.2, 0) is 0 Å². The lowest BCUT2D eigenvalue weighted by Gasteiger charge is -2.21. The fourth-order valence-electron chi connectivity index (χ4n) is 1.64. The first-order valence-corrected chi connectivity index (χ1v) is 5.58. The van der Waals surface area contributed by atoms with Crippen molar-refractivity contribution >= 4 is 11.8 Å². The van der Waals surface area contributed by atoms with Crippen molar-refractivity contribution in [2.75, 3.05) is 24.6 Å². The van der Waals surface area contributed by atoms with Gasteiger partial charge in [-0.2, -0.15) is 0 Å². The predicted octanol–water partition coefficient (Wildman–Crippen LogP) is 2.24. The number of aliphatic hydroxyl groups is 1. The van der Waals surface area contributed by atoms with Crippen LogP contribution in [0.2, 0.25) is 0 Å². The van der Waals surface area contributed by atoms with Crippen molar-refractivity contribution in [3.8, 4) is 5.75 Å². The summed E-state index contributed by atoms with van der Waals surface area (Å²) < 4.78 is 0. The molecule has 0 heterocycles. The summed E-state index contributed by atoms with van der Waals surface area (Å²) in [6.45, 7) is 5.99. The second-order valence-corrected chi connectivity index (χ2v) is 3.50. The highest BCUT2D eigenvalue weighted by Crippen LogP contribution is 2.25. The topological polar surface area (TPSA) is 43.7 Å². The smallest absolute Gasteiger partial charge is 0.124 e. The number of anilines is 1. The van der Waals surface area contributed by atoms with Crippen molar-refractivity contribution in [2.24, 2.45) is 0 Å². The highest BCUT2D eigenvalue weighted by Gasteiger charge is 2.04. The molecule has 0 saturated carbocycles. The molecule has 0 aromatic heterocycles. The van der Waals surface area contributed by atoms with E-state index in [9.17, 15) is 5.11 Å². The lowest BCUT2D eigenvalue weighted by atomic mass is 10.1. The van der Waals surface area contributed by atoms with Gasteiger partial charge in [-0.25, -0.2) is 0 Å². The van der Waals surface area contributed by atoms with Gasteiger partial charge >= 0.3 is 0 Å². The minimum absolute atomic E-state index is 0.0166. The first-order chi connectivity index (χ1) is 7.72. The highest BCUT2D eigenvalue weighted by molar-refractivity contribution is 5.63. The molecule has 0 unspecified atom stereocenters. The number of aromatic hydroxyl groups is 1. The number of benzene rings is 1. The Balaban J connectivity index is 2.94. The van der Waals surface area contributed by atoms with Crippen LogP contribution in [-0.4, -0.2) is 29.9 Å². The Morgan fingerprint density at radius 3 is 2.44 bits per heavy atom. The van der Waals surface area contributed by atoms with Gasteiger partial charge < -0.3 is 15.1 Å². The lowest BCUT2D eigenvalue weighted by Crippen LogP contribution is -2.21. The predicted molar refractivity (Wildman–Crippen MR) is 67.8 cm³/mol. The molecule has 2 N–H and O–H groups in total. The maximum Gasteiger partial charge on any atom is 0.124 e. The van der Waals surface area contributed by atoms with Crippen LogP contribution in [0.1, 0.15) is 19.4 Å². The SMILES string of the molecule is CCN(CC)c1ccc(C=CCO)c(O)c1. The Labute approximate surface area is 96.6 Å². The monoisotopic (exact) mass is 221 g/mol. The van der Waals surface area contributed by atoms with E-state index in [0.717, 1.165) is 24.3 Å². The normalized spacial score (nSPS) is 10.9. The van der Waals surface area contributed by atoms with Crippen LogP contribution < -0.4 is 4.90 Å². The quantitative estimate of drug-likeness (QED) is 0.801. The molecule has 1 aromatic rings. The minimum Gasteiger partial charge on any atom is -0.507 e. The fraction of sp³-hybridized carbons (Fsp3) is 0.385. The zero-order valence-electron chi connectivity index (χ0n) is 9.85. The Kier molecular flexibility index (Phi) is 4.86. The second kappa shape index (κ2) is 6.18. The van der Waals surface area contributed by atoms with Gasteiger partial charge in [-0.3, -0.25) is 0 Å². The van der Waals surface area contributed by atoms with Crippen molar-refractivity contribution in [1.82, 2.24) is 0 Å². The van der Waals surface area contributed by atoms with Crippen LogP contribution in [0, 0.1) is 0 Å². The van der Waals surface area contributed by atoms with E-state index in [4.69, 9.17) is 5.11 Å². The summed E-state index contributed by atoms with van der Waals surface area (Å²) in [5.74, 6) is 0.245. The van der Waals surface area contributed by atoms with E-state index in [1.165, 1.54) is 0 Å². The van der Waals surface area contributed by atoms with E-state index in [-0.39, 0.29) is 12.4 Å². The maximum absolute atomic E-state index is 9.80. The van der Waals surface area contributed by atoms with E-state index in [2.05, 4.69) is 18.7 Å². The number of rotatable bonds is 5. The Hall–Kier alpha value is -1.48. The average Bonchev–Trinajstić information content (AvgIpc) is 2.29. The number of aliphatic hydroxyl groups excluding tert-OH is 1. The van der Waals surface area contributed by atoms with Crippen molar-refractivity contribution in [3.63, 3.8) is 0 Å². The summed E-state index contributed by atoms with van der Waals surface area (Å²) in [6, 6.07) is 5.59. The molecule has 1 aromatic carbocycles. The molecule has 0 aliphatic rings. The average molecular weight is 221 g/mol. The molecule has 0 atom stereocenters. The minimum atomic E-state index is -0.0166. The van der Waals surface area contributed by atoms with Crippen LogP contribution in [0.25, 0.3) is 6.08 Å². The zero-order valence-corrected chi connectivity index (χ0v) is 9.85. The van der Waals surface area contributed by atoms with Crippen molar-refractivity contribution in [2.45, 2.75) is 13.8 Å². The van der Waals surface area contributed by atoms with E-state index in [1.54, 1.807) is 18.2 Å². The number of hydrogen-bond donors (Lipinski definition) is 2. The molecule has 0 aliphatic heterocycles. The van der Waals surface area contributed by atoms with Gasteiger partial charge in [0.15, 0.2) is 0 Å². The molecule has 0 aliphatic carbocycles. The molecule has 16 heavy (non-hydrogen) atoms.